The minimum atomic E-state index is -0.208. The van der Waals surface area contributed by atoms with Gasteiger partial charge in [-0.05, 0) is 30.0 Å². The van der Waals surface area contributed by atoms with Crippen molar-refractivity contribution in [1.82, 2.24) is 4.90 Å². The van der Waals surface area contributed by atoms with Crippen LogP contribution in [0.4, 0.5) is 0 Å². The Balaban J connectivity index is 1.72. The zero-order valence-electron chi connectivity index (χ0n) is 12.3. The van der Waals surface area contributed by atoms with Gasteiger partial charge in [0.2, 0.25) is 0 Å². The van der Waals surface area contributed by atoms with Gasteiger partial charge in [-0.1, -0.05) is 30.3 Å². The lowest BCUT2D eigenvalue weighted by Crippen LogP contribution is -2.33. The predicted molar refractivity (Wildman–Crippen MR) is 81.4 cm³/mol. The lowest BCUT2D eigenvalue weighted by atomic mass is 10.1. The Morgan fingerprint density at radius 1 is 1.19 bits per heavy atom. The lowest BCUT2D eigenvalue weighted by Gasteiger charge is -2.15. The molecule has 0 bridgehead atoms. The highest BCUT2D eigenvalue weighted by atomic mass is 16.5. The van der Waals surface area contributed by atoms with Gasteiger partial charge in [0.25, 0.3) is 0 Å². The number of methoxy groups -OCH3 is 1. The summed E-state index contributed by atoms with van der Waals surface area (Å²) in [7, 11) is 3.35. The molecule has 1 aliphatic heterocycles. The zero-order chi connectivity index (χ0) is 14.8. The molecule has 1 aliphatic rings. The van der Waals surface area contributed by atoms with Crippen molar-refractivity contribution in [1.29, 1.82) is 0 Å². The van der Waals surface area contributed by atoms with E-state index in [1.54, 1.807) is 0 Å². The van der Waals surface area contributed by atoms with Crippen LogP contribution in [0.3, 0.4) is 0 Å². The third-order valence-corrected chi connectivity index (χ3v) is 4.01. The van der Waals surface area contributed by atoms with Crippen LogP contribution in [0.5, 0.6) is 5.75 Å². The molecule has 1 fully saturated rings. The van der Waals surface area contributed by atoms with E-state index in [4.69, 9.17) is 9.47 Å². The van der Waals surface area contributed by atoms with Crippen LogP contribution in [0.15, 0.2) is 42.5 Å². The number of rotatable bonds is 3. The fourth-order valence-electron chi connectivity index (χ4n) is 2.88. The second kappa shape index (κ2) is 5.74. The quantitative estimate of drug-likeness (QED) is 0.812. The highest BCUT2D eigenvalue weighted by Gasteiger charge is 2.36. The molecule has 2 atom stereocenters. The van der Waals surface area contributed by atoms with E-state index in [2.05, 4.69) is 18.2 Å². The number of carbonyl (C=O) groups is 1. The third kappa shape index (κ3) is 2.85. The normalized spacial score (nSPS) is 22.4. The molecule has 0 unspecified atom stereocenters. The molecular weight excluding hydrogens is 266 g/mol. The maximum absolute atomic E-state index is 11.7. The van der Waals surface area contributed by atoms with E-state index >= 15 is 0 Å². The summed E-state index contributed by atoms with van der Waals surface area (Å²) in [5.41, 5.74) is 0. The molecule has 0 aromatic heterocycles. The summed E-state index contributed by atoms with van der Waals surface area (Å²) in [5.74, 6) is 0.653. The van der Waals surface area contributed by atoms with Crippen LogP contribution in [0.25, 0.3) is 10.8 Å². The first-order valence-electron chi connectivity index (χ1n) is 7.11. The number of likely N-dealkylation sites (tertiary alicyclic amines) is 1. The Kier molecular flexibility index (Phi) is 3.80. The number of hydrogen-bond donors (Lipinski definition) is 0. The minimum Gasteiger partial charge on any atom is -0.489 e. The maximum atomic E-state index is 11.7. The van der Waals surface area contributed by atoms with E-state index in [1.165, 1.54) is 12.5 Å². The molecule has 21 heavy (non-hydrogen) atoms. The van der Waals surface area contributed by atoms with Gasteiger partial charge in [-0.15, -0.1) is 0 Å². The van der Waals surface area contributed by atoms with Crippen molar-refractivity contribution in [2.24, 2.45) is 0 Å². The molecule has 1 saturated heterocycles. The minimum absolute atomic E-state index is 0.0141. The second-order valence-electron chi connectivity index (χ2n) is 5.46. The monoisotopic (exact) mass is 285 g/mol. The van der Waals surface area contributed by atoms with Crippen molar-refractivity contribution in [2.45, 2.75) is 18.6 Å². The Morgan fingerprint density at radius 3 is 2.71 bits per heavy atom. The molecule has 2 aromatic rings. The van der Waals surface area contributed by atoms with Gasteiger partial charge in [0.15, 0.2) is 0 Å². The van der Waals surface area contributed by atoms with Gasteiger partial charge >= 0.3 is 5.97 Å². The summed E-state index contributed by atoms with van der Waals surface area (Å²) in [6.45, 7) is 0.729. The van der Waals surface area contributed by atoms with E-state index in [1.807, 2.05) is 36.2 Å². The van der Waals surface area contributed by atoms with E-state index in [9.17, 15) is 4.79 Å². The molecule has 1 heterocycles. The average molecular weight is 285 g/mol. The van der Waals surface area contributed by atoms with Gasteiger partial charge < -0.3 is 9.47 Å². The second-order valence-corrected chi connectivity index (χ2v) is 5.46. The number of carbonyl (C=O) groups excluding carboxylic acids is 1. The largest absolute Gasteiger partial charge is 0.489 e. The molecule has 2 aromatic carbocycles. The van der Waals surface area contributed by atoms with Crippen molar-refractivity contribution < 1.29 is 14.3 Å². The average Bonchev–Trinajstić information content (AvgIpc) is 2.87. The third-order valence-electron chi connectivity index (χ3n) is 4.01. The molecule has 0 aliphatic carbocycles. The Morgan fingerprint density at radius 2 is 1.95 bits per heavy atom. The topological polar surface area (TPSA) is 38.8 Å². The van der Waals surface area contributed by atoms with E-state index in [0.717, 1.165) is 17.7 Å². The van der Waals surface area contributed by atoms with Gasteiger partial charge in [-0.2, -0.15) is 0 Å². The zero-order valence-corrected chi connectivity index (χ0v) is 12.3. The fourth-order valence-corrected chi connectivity index (χ4v) is 2.88. The fraction of sp³-hybridized carbons (Fsp3) is 0.353. The van der Waals surface area contributed by atoms with Crippen LogP contribution in [-0.4, -0.2) is 43.7 Å². The van der Waals surface area contributed by atoms with Gasteiger partial charge in [0.05, 0.1) is 7.11 Å². The number of likely N-dealkylation sites (N-methyl/N-ethyl adjacent to an activating group) is 1. The standard InChI is InChI=1S/C17H19NO3/c1-18-11-15(10-16(18)17(19)20-2)21-14-8-7-12-5-3-4-6-13(12)9-14/h3-9,15-16H,10-11H2,1-2H3/t15-,16-/m0/s1. The number of benzene rings is 2. The molecule has 0 radical (unpaired) electrons. The summed E-state index contributed by atoms with van der Waals surface area (Å²) >= 11 is 0. The van der Waals surface area contributed by atoms with Crippen LogP contribution < -0.4 is 4.74 Å². The summed E-state index contributed by atoms with van der Waals surface area (Å²) in [6, 6.07) is 14.1. The van der Waals surface area contributed by atoms with E-state index in [0.29, 0.717) is 6.42 Å². The molecule has 0 amide bonds. The molecule has 4 nitrogen and oxygen atoms in total. The molecule has 4 heteroatoms. The highest BCUT2D eigenvalue weighted by molar-refractivity contribution is 5.83. The Bertz CT molecular complexity index is 655. The van der Waals surface area contributed by atoms with Crippen molar-refractivity contribution in [3.8, 4) is 5.75 Å². The van der Waals surface area contributed by atoms with Crippen molar-refractivity contribution in [3.63, 3.8) is 0 Å². The summed E-state index contributed by atoms with van der Waals surface area (Å²) < 4.78 is 10.9. The van der Waals surface area contributed by atoms with Gasteiger partial charge in [0.1, 0.15) is 17.9 Å². The number of hydrogen-bond acceptors (Lipinski definition) is 4. The van der Waals surface area contributed by atoms with E-state index < -0.39 is 0 Å². The molecule has 110 valence electrons. The number of esters is 1. The Hall–Kier alpha value is -2.07. The van der Waals surface area contributed by atoms with Gasteiger partial charge in [-0.25, -0.2) is 0 Å². The smallest absolute Gasteiger partial charge is 0.323 e. The number of ether oxygens (including phenoxy) is 2. The maximum Gasteiger partial charge on any atom is 0.323 e. The molecule has 0 saturated carbocycles. The summed E-state index contributed by atoms with van der Waals surface area (Å²) in [6.07, 6.45) is 0.677. The molecule has 0 spiro atoms. The molecule has 0 N–H and O–H groups in total. The van der Waals surface area contributed by atoms with Crippen LogP contribution in [0.2, 0.25) is 0 Å². The first-order valence-corrected chi connectivity index (χ1v) is 7.11. The van der Waals surface area contributed by atoms with Gasteiger partial charge in [0, 0.05) is 13.0 Å². The Labute approximate surface area is 124 Å². The predicted octanol–water partition coefficient (Wildman–Crippen LogP) is 2.46. The first kappa shape index (κ1) is 13.9. The molecule has 3 rings (SSSR count). The van der Waals surface area contributed by atoms with Crippen molar-refractivity contribution >= 4 is 16.7 Å². The van der Waals surface area contributed by atoms with Crippen molar-refractivity contribution in [3.05, 3.63) is 42.5 Å². The summed E-state index contributed by atoms with van der Waals surface area (Å²) in [4.78, 5) is 13.7. The van der Waals surface area contributed by atoms with Gasteiger partial charge in [-0.3, -0.25) is 9.69 Å². The summed E-state index contributed by atoms with van der Waals surface area (Å²) in [5, 5.41) is 2.35. The van der Waals surface area contributed by atoms with Crippen molar-refractivity contribution in [2.75, 3.05) is 20.7 Å². The van der Waals surface area contributed by atoms with E-state index in [-0.39, 0.29) is 18.1 Å². The van der Waals surface area contributed by atoms with Crippen LogP contribution >= 0.6 is 0 Å². The lowest BCUT2D eigenvalue weighted by molar-refractivity contribution is -0.145. The van der Waals surface area contributed by atoms with Crippen LogP contribution in [0, 0.1) is 0 Å². The molecular formula is C17H19NO3. The van der Waals surface area contributed by atoms with Crippen LogP contribution in [0.1, 0.15) is 6.42 Å². The SMILES string of the molecule is COC(=O)[C@@H]1C[C@H](Oc2ccc3ccccc3c2)CN1C. The number of fused-ring (bicyclic) bond motifs is 1. The first-order chi connectivity index (χ1) is 10.2. The van der Waals surface area contributed by atoms with Crippen LogP contribution in [-0.2, 0) is 9.53 Å². The number of nitrogens with zero attached hydrogens (tertiary/aromatic N) is 1. The highest BCUT2D eigenvalue weighted by Crippen LogP contribution is 2.25.